The van der Waals surface area contributed by atoms with Gasteiger partial charge < -0.3 is 5.32 Å². The number of imide groups is 1. The van der Waals surface area contributed by atoms with Crippen LogP contribution in [0.2, 0.25) is 0 Å². The molecule has 0 radical (unpaired) electrons. The minimum atomic E-state index is -0.442. The molecule has 0 aliphatic rings. The van der Waals surface area contributed by atoms with E-state index in [2.05, 4.69) is 26.6 Å². The molecule has 0 aliphatic heterocycles. The monoisotopic (exact) mass is 355 g/mol. The Kier molecular flexibility index (Phi) is 7.39. The normalized spacial score (nSPS) is 10.8. The maximum absolute atomic E-state index is 11.8. The van der Waals surface area contributed by atoms with Crippen molar-refractivity contribution in [3.05, 3.63) is 34.3 Å². The number of benzene rings is 1. The summed E-state index contributed by atoms with van der Waals surface area (Å²) in [4.78, 5) is 25.1. The van der Waals surface area contributed by atoms with Gasteiger partial charge in [-0.2, -0.15) is 0 Å². The SMILES string of the molecule is CC(C)CNC(=O)NC(=O)CN(C)Cc1ccccc1Br. The molecule has 0 heterocycles. The Balaban J connectivity index is 2.37. The summed E-state index contributed by atoms with van der Waals surface area (Å²) in [5.74, 6) is 0.0368. The standard InChI is InChI=1S/C15H22BrN3O2/c1-11(2)8-17-15(21)18-14(20)10-19(3)9-12-6-4-5-7-13(12)16/h4-7,11H,8-10H2,1-3H3,(H2,17,18,20,21). The molecule has 0 aromatic heterocycles. The van der Waals surface area contributed by atoms with Crippen LogP contribution in [-0.4, -0.2) is 37.0 Å². The average molecular weight is 356 g/mol. The van der Waals surface area contributed by atoms with Gasteiger partial charge in [-0.3, -0.25) is 15.0 Å². The minimum Gasteiger partial charge on any atom is -0.338 e. The summed E-state index contributed by atoms with van der Waals surface area (Å²) in [6.07, 6.45) is 0. The highest BCUT2D eigenvalue weighted by Crippen LogP contribution is 2.16. The molecule has 0 aliphatic carbocycles. The molecule has 0 saturated heterocycles. The van der Waals surface area contributed by atoms with E-state index >= 15 is 0 Å². The quantitative estimate of drug-likeness (QED) is 0.823. The summed E-state index contributed by atoms with van der Waals surface area (Å²) in [5.41, 5.74) is 1.09. The molecule has 0 unspecified atom stereocenters. The van der Waals surface area contributed by atoms with E-state index in [4.69, 9.17) is 0 Å². The van der Waals surface area contributed by atoms with Crippen LogP contribution in [0.4, 0.5) is 4.79 Å². The van der Waals surface area contributed by atoms with Crippen LogP contribution in [0.5, 0.6) is 0 Å². The Labute approximate surface area is 134 Å². The van der Waals surface area contributed by atoms with Crippen molar-refractivity contribution < 1.29 is 9.59 Å². The maximum atomic E-state index is 11.8. The first-order valence-electron chi connectivity index (χ1n) is 6.88. The molecule has 1 aromatic carbocycles. The molecule has 0 fully saturated rings. The van der Waals surface area contributed by atoms with E-state index < -0.39 is 6.03 Å². The molecular weight excluding hydrogens is 334 g/mol. The number of carbonyl (C=O) groups excluding carboxylic acids is 2. The summed E-state index contributed by atoms with van der Waals surface area (Å²) >= 11 is 3.47. The number of nitrogens with one attached hydrogen (secondary N) is 2. The molecule has 0 bridgehead atoms. The zero-order valence-electron chi connectivity index (χ0n) is 12.6. The minimum absolute atomic E-state index is 0.163. The van der Waals surface area contributed by atoms with Crippen molar-refractivity contribution in [2.45, 2.75) is 20.4 Å². The first-order valence-corrected chi connectivity index (χ1v) is 7.67. The van der Waals surface area contributed by atoms with Crippen LogP contribution >= 0.6 is 15.9 Å². The number of hydrogen-bond donors (Lipinski definition) is 2. The Morgan fingerprint density at radius 1 is 1.29 bits per heavy atom. The van der Waals surface area contributed by atoms with Crippen LogP contribution in [-0.2, 0) is 11.3 Å². The Hall–Kier alpha value is -1.40. The van der Waals surface area contributed by atoms with Crippen LogP contribution in [0.15, 0.2) is 28.7 Å². The lowest BCUT2D eigenvalue weighted by Crippen LogP contribution is -2.44. The van der Waals surface area contributed by atoms with E-state index in [9.17, 15) is 9.59 Å². The van der Waals surface area contributed by atoms with E-state index in [1.165, 1.54) is 0 Å². The number of likely N-dealkylation sites (N-methyl/N-ethyl adjacent to an activating group) is 1. The van der Waals surface area contributed by atoms with E-state index in [-0.39, 0.29) is 12.5 Å². The second kappa shape index (κ2) is 8.79. The zero-order chi connectivity index (χ0) is 15.8. The van der Waals surface area contributed by atoms with Gasteiger partial charge in [0.2, 0.25) is 5.91 Å². The number of halogens is 1. The van der Waals surface area contributed by atoms with Crippen molar-refractivity contribution >= 4 is 27.9 Å². The molecule has 5 nitrogen and oxygen atoms in total. The molecule has 1 rings (SSSR count). The van der Waals surface area contributed by atoms with Crippen molar-refractivity contribution in [2.75, 3.05) is 20.1 Å². The highest BCUT2D eigenvalue weighted by molar-refractivity contribution is 9.10. The molecular formula is C15H22BrN3O2. The Bertz CT molecular complexity index is 492. The number of carbonyl (C=O) groups is 2. The molecule has 0 saturated carbocycles. The highest BCUT2D eigenvalue weighted by atomic mass is 79.9. The third-order valence-electron chi connectivity index (χ3n) is 2.74. The van der Waals surface area contributed by atoms with Gasteiger partial charge >= 0.3 is 6.03 Å². The fourth-order valence-electron chi connectivity index (χ4n) is 1.73. The lowest BCUT2D eigenvalue weighted by atomic mass is 10.2. The summed E-state index contributed by atoms with van der Waals surface area (Å²) in [5, 5.41) is 4.97. The molecule has 6 heteroatoms. The zero-order valence-corrected chi connectivity index (χ0v) is 14.2. The highest BCUT2D eigenvalue weighted by Gasteiger charge is 2.11. The maximum Gasteiger partial charge on any atom is 0.321 e. The summed E-state index contributed by atoms with van der Waals surface area (Å²) < 4.78 is 1.01. The Morgan fingerprint density at radius 3 is 2.57 bits per heavy atom. The first-order chi connectivity index (χ1) is 9.88. The molecule has 21 heavy (non-hydrogen) atoms. The lowest BCUT2D eigenvalue weighted by Gasteiger charge is -2.17. The topological polar surface area (TPSA) is 61.4 Å². The molecule has 0 atom stereocenters. The largest absolute Gasteiger partial charge is 0.338 e. The van der Waals surface area contributed by atoms with Crippen LogP contribution in [0, 0.1) is 5.92 Å². The lowest BCUT2D eigenvalue weighted by molar-refractivity contribution is -0.120. The number of hydrogen-bond acceptors (Lipinski definition) is 3. The summed E-state index contributed by atoms with van der Waals surface area (Å²) in [6.45, 7) is 5.33. The number of rotatable bonds is 6. The van der Waals surface area contributed by atoms with Crippen molar-refractivity contribution in [3.63, 3.8) is 0 Å². The van der Waals surface area contributed by atoms with E-state index in [1.807, 2.05) is 50.1 Å². The third-order valence-corrected chi connectivity index (χ3v) is 3.51. The van der Waals surface area contributed by atoms with Gasteiger partial charge in [0.25, 0.3) is 0 Å². The van der Waals surface area contributed by atoms with Crippen LogP contribution < -0.4 is 10.6 Å². The van der Waals surface area contributed by atoms with Gasteiger partial charge in [-0.15, -0.1) is 0 Å². The van der Waals surface area contributed by atoms with E-state index in [0.29, 0.717) is 19.0 Å². The molecule has 3 amide bonds. The second-order valence-electron chi connectivity index (χ2n) is 5.42. The number of nitrogens with zero attached hydrogens (tertiary/aromatic N) is 1. The van der Waals surface area contributed by atoms with Gasteiger partial charge in [0.05, 0.1) is 6.54 Å². The average Bonchev–Trinajstić information content (AvgIpc) is 2.38. The summed E-state index contributed by atoms with van der Waals surface area (Å²) in [7, 11) is 1.84. The predicted molar refractivity (Wildman–Crippen MR) is 86.9 cm³/mol. The fraction of sp³-hybridized carbons (Fsp3) is 0.467. The van der Waals surface area contributed by atoms with Crippen LogP contribution in [0.3, 0.4) is 0 Å². The van der Waals surface area contributed by atoms with E-state index in [1.54, 1.807) is 0 Å². The van der Waals surface area contributed by atoms with Gasteiger partial charge in [-0.05, 0) is 24.6 Å². The number of urea groups is 1. The fourth-order valence-corrected chi connectivity index (χ4v) is 2.14. The van der Waals surface area contributed by atoms with Gasteiger partial charge in [0.1, 0.15) is 0 Å². The van der Waals surface area contributed by atoms with Crippen LogP contribution in [0.1, 0.15) is 19.4 Å². The number of amides is 3. The Morgan fingerprint density at radius 2 is 1.95 bits per heavy atom. The summed E-state index contributed by atoms with van der Waals surface area (Å²) in [6, 6.07) is 7.41. The van der Waals surface area contributed by atoms with Crippen LogP contribution in [0.25, 0.3) is 0 Å². The molecule has 0 spiro atoms. The molecule has 116 valence electrons. The van der Waals surface area contributed by atoms with E-state index in [0.717, 1.165) is 10.0 Å². The predicted octanol–water partition coefficient (Wildman–Crippen LogP) is 2.36. The van der Waals surface area contributed by atoms with Crippen molar-refractivity contribution in [2.24, 2.45) is 5.92 Å². The first kappa shape index (κ1) is 17.7. The molecule has 1 aromatic rings. The van der Waals surface area contributed by atoms with Crippen molar-refractivity contribution in [1.29, 1.82) is 0 Å². The second-order valence-corrected chi connectivity index (χ2v) is 6.27. The van der Waals surface area contributed by atoms with Gasteiger partial charge in [0, 0.05) is 17.6 Å². The third kappa shape index (κ3) is 7.24. The smallest absolute Gasteiger partial charge is 0.321 e. The van der Waals surface area contributed by atoms with Gasteiger partial charge in [-0.1, -0.05) is 48.0 Å². The van der Waals surface area contributed by atoms with Gasteiger partial charge in [-0.25, -0.2) is 4.79 Å². The van der Waals surface area contributed by atoms with Crippen molar-refractivity contribution in [1.82, 2.24) is 15.5 Å². The molecule has 2 N–H and O–H groups in total. The van der Waals surface area contributed by atoms with Gasteiger partial charge in [0.15, 0.2) is 0 Å². The van der Waals surface area contributed by atoms with Crippen molar-refractivity contribution in [3.8, 4) is 0 Å².